The number of halogens is 1. The SMILES string of the molecule is CCC(=O)C(N=C1C(F)CC(c2ccccc2)N1C)=C(C)C. The van der Waals surface area contributed by atoms with E-state index in [0.717, 1.165) is 11.1 Å². The summed E-state index contributed by atoms with van der Waals surface area (Å²) in [5, 5.41) is 0. The highest BCUT2D eigenvalue weighted by Crippen LogP contribution is 2.34. The van der Waals surface area contributed by atoms with Crippen molar-refractivity contribution in [2.45, 2.75) is 45.8 Å². The second-order valence-electron chi connectivity index (χ2n) is 5.84. The summed E-state index contributed by atoms with van der Waals surface area (Å²) in [6.45, 7) is 5.47. The van der Waals surface area contributed by atoms with E-state index < -0.39 is 6.17 Å². The molecule has 2 atom stereocenters. The van der Waals surface area contributed by atoms with Crippen molar-refractivity contribution >= 4 is 11.6 Å². The molecule has 0 bridgehead atoms. The molecule has 4 heteroatoms. The normalized spacial score (nSPS) is 23.0. The number of benzene rings is 1. The Morgan fingerprint density at radius 2 is 1.95 bits per heavy atom. The second-order valence-corrected chi connectivity index (χ2v) is 5.84. The van der Waals surface area contributed by atoms with Crippen molar-refractivity contribution in [3.05, 3.63) is 47.2 Å². The average molecular weight is 302 g/mol. The number of rotatable bonds is 4. The highest BCUT2D eigenvalue weighted by Gasteiger charge is 2.36. The van der Waals surface area contributed by atoms with Gasteiger partial charge in [0.25, 0.3) is 0 Å². The van der Waals surface area contributed by atoms with Crippen LogP contribution in [0.5, 0.6) is 0 Å². The fraction of sp³-hybridized carbons (Fsp3) is 0.444. The Morgan fingerprint density at radius 1 is 1.32 bits per heavy atom. The lowest BCUT2D eigenvalue weighted by Gasteiger charge is -2.22. The second kappa shape index (κ2) is 6.86. The molecule has 22 heavy (non-hydrogen) atoms. The fourth-order valence-electron chi connectivity index (χ4n) is 2.76. The summed E-state index contributed by atoms with van der Waals surface area (Å²) in [4.78, 5) is 18.2. The van der Waals surface area contributed by atoms with Gasteiger partial charge in [0.1, 0.15) is 11.5 Å². The van der Waals surface area contributed by atoms with E-state index in [1.54, 1.807) is 6.92 Å². The Bertz CT molecular complexity index is 603. The van der Waals surface area contributed by atoms with Crippen LogP contribution in [0.1, 0.15) is 45.2 Å². The number of Topliss-reactive ketones (excluding diaryl/α,β-unsaturated/α-hetero) is 1. The lowest BCUT2D eigenvalue weighted by atomic mass is 10.0. The first-order valence-electron chi connectivity index (χ1n) is 7.66. The Morgan fingerprint density at radius 3 is 2.50 bits per heavy atom. The van der Waals surface area contributed by atoms with Crippen LogP contribution in [-0.2, 0) is 4.79 Å². The minimum Gasteiger partial charge on any atom is -0.353 e. The number of hydrogen-bond donors (Lipinski definition) is 0. The summed E-state index contributed by atoms with van der Waals surface area (Å²) in [5.74, 6) is 0.308. The van der Waals surface area contributed by atoms with Gasteiger partial charge in [-0.1, -0.05) is 37.3 Å². The quantitative estimate of drug-likeness (QED) is 0.785. The molecule has 2 unspecified atom stereocenters. The molecule has 1 aromatic carbocycles. The summed E-state index contributed by atoms with van der Waals surface area (Å²) < 4.78 is 14.5. The molecule has 0 aromatic heterocycles. The van der Waals surface area contributed by atoms with Gasteiger partial charge in [0.05, 0.1) is 6.04 Å². The molecule has 3 nitrogen and oxygen atoms in total. The van der Waals surface area contributed by atoms with Crippen LogP contribution in [0.4, 0.5) is 4.39 Å². The maximum absolute atomic E-state index is 14.5. The number of ketones is 1. The Hall–Kier alpha value is -1.97. The third-order valence-electron chi connectivity index (χ3n) is 4.01. The van der Waals surface area contributed by atoms with Gasteiger partial charge in [-0.05, 0) is 25.0 Å². The van der Waals surface area contributed by atoms with E-state index in [1.165, 1.54) is 0 Å². The molecule has 1 aromatic rings. The van der Waals surface area contributed by atoms with Crippen LogP contribution in [0.15, 0.2) is 46.6 Å². The van der Waals surface area contributed by atoms with Crippen molar-refractivity contribution in [2.24, 2.45) is 4.99 Å². The Kier molecular flexibility index (Phi) is 5.11. The molecule has 118 valence electrons. The number of allylic oxidation sites excluding steroid dienone is 2. The maximum atomic E-state index is 14.5. The number of amidine groups is 1. The predicted molar refractivity (Wildman–Crippen MR) is 87.6 cm³/mol. The first-order chi connectivity index (χ1) is 10.5. The van der Waals surface area contributed by atoms with Crippen LogP contribution in [0.2, 0.25) is 0 Å². The molecule has 0 saturated carbocycles. The summed E-state index contributed by atoms with van der Waals surface area (Å²) >= 11 is 0. The van der Waals surface area contributed by atoms with Gasteiger partial charge in [0.15, 0.2) is 12.0 Å². The minimum absolute atomic E-state index is 0.0370. The van der Waals surface area contributed by atoms with Gasteiger partial charge >= 0.3 is 0 Å². The summed E-state index contributed by atoms with van der Waals surface area (Å²) in [6.07, 6.45) is -0.398. The molecule has 1 aliphatic heterocycles. The molecule has 2 rings (SSSR count). The van der Waals surface area contributed by atoms with E-state index in [2.05, 4.69) is 4.99 Å². The van der Waals surface area contributed by atoms with E-state index in [-0.39, 0.29) is 11.8 Å². The van der Waals surface area contributed by atoms with Crippen molar-refractivity contribution in [3.8, 4) is 0 Å². The number of nitrogens with zero attached hydrogens (tertiary/aromatic N) is 2. The lowest BCUT2D eigenvalue weighted by molar-refractivity contribution is -0.115. The Balaban J connectivity index is 2.34. The third kappa shape index (κ3) is 3.26. The van der Waals surface area contributed by atoms with Crippen LogP contribution in [0, 0.1) is 0 Å². The summed E-state index contributed by atoms with van der Waals surface area (Å²) in [7, 11) is 1.84. The molecule has 1 heterocycles. The van der Waals surface area contributed by atoms with Gasteiger partial charge < -0.3 is 4.90 Å². The molecule has 0 spiro atoms. The molecule has 1 fully saturated rings. The number of carbonyl (C=O) groups is 1. The van der Waals surface area contributed by atoms with E-state index in [0.29, 0.717) is 24.4 Å². The molecular weight excluding hydrogens is 279 g/mol. The van der Waals surface area contributed by atoms with E-state index >= 15 is 0 Å². The van der Waals surface area contributed by atoms with Gasteiger partial charge in [-0.3, -0.25) is 4.79 Å². The average Bonchev–Trinajstić information content (AvgIpc) is 2.79. The van der Waals surface area contributed by atoms with Crippen LogP contribution in [-0.4, -0.2) is 29.7 Å². The molecule has 1 aliphatic rings. The van der Waals surface area contributed by atoms with E-state index in [9.17, 15) is 9.18 Å². The molecule has 0 aliphatic carbocycles. The summed E-state index contributed by atoms with van der Waals surface area (Å²) in [5.41, 5.74) is 2.28. The van der Waals surface area contributed by atoms with Crippen LogP contribution >= 0.6 is 0 Å². The zero-order valence-corrected chi connectivity index (χ0v) is 13.6. The smallest absolute Gasteiger partial charge is 0.180 e. The monoisotopic (exact) mass is 302 g/mol. The third-order valence-corrected chi connectivity index (χ3v) is 4.01. The molecular formula is C18H23FN2O. The zero-order valence-electron chi connectivity index (χ0n) is 13.6. The van der Waals surface area contributed by atoms with E-state index in [4.69, 9.17) is 0 Å². The largest absolute Gasteiger partial charge is 0.353 e. The Labute approximate surface area is 131 Å². The summed E-state index contributed by atoms with van der Waals surface area (Å²) in [6, 6.07) is 9.80. The van der Waals surface area contributed by atoms with Gasteiger partial charge in [-0.25, -0.2) is 9.38 Å². The van der Waals surface area contributed by atoms with Crippen molar-refractivity contribution in [3.63, 3.8) is 0 Å². The van der Waals surface area contributed by atoms with Crippen molar-refractivity contribution in [1.29, 1.82) is 0 Å². The molecule has 0 N–H and O–H groups in total. The van der Waals surface area contributed by atoms with Gasteiger partial charge in [0, 0.05) is 19.9 Å². The number of carbonyl (C=O) groups excluding carboxylic acids is 1. The standard InChI is InChI=1S/C18H23FN2O/c1-5-16(22)17(12(2)3)20-18-14(19)11-15(21(18)4)13-9-7-6-8-10-13/h6-10,14-15H,5,11H2,1-4H3. The minimum atomic E-state index is -1.14. The number of hydrogen-bond acceptors (Lipinski definition) is 2. The van der Waals surface area contributed by atoms with Crippen LogP contribution < -0.4 is 0 Å². The first kappa shape index (κ1) is 16.4. The molecule has 1 saturated heterocycles. The lowest BCUT2D eigenvalue weighted by Crippen LogP contribution is -2.26. The fourth-order valence-corrected chi connectivity index (χ4v) is 2.76. The number of alkyl halides is 1. The first-order valence-corrected chi connectivity index (χ1v) is 7.66. The van der Waals surface area contributed by atoms with Gasteiger partial charge in [-0.15, -0.1) is 0 Å². The van der Waals surface area contributed by atoms with Crippen LogP contribution in [0.25, 0.3) is 0 Å². The van der Waals surface area contributed by atoms with Gasteiger partial charge in [-0.2, -0.15) is 0 Å². The zero-order chi connectivity index (χ0) is 16.3. The highest BCUT2D eigenvalue weighted by atomic mass is 19.1. The topological polar surface area (TPSA) is 32.7 Å². The van der Waals surface area contributed by atoms with Crippen molar-refractivity contribution in [1.82, 2.24) is 4.90 Å². The van der Waals surface area contributed by atoms with Crippen molar-refractivity contribution in [2.75, 3.05) is 7.05 Å². The number of aliphatic imine (C=N–C) groups is 1. The van der Waals surface area contributed by atoms with Gasteiger partial charge in [0.2, 0.25) is 0 Å². The molecule has 0 amide bonds. The highest BCUT2D eigenvalue weighted by molar-refractivity contribution is 6.00. The predicted octanol–water partition coefficient (Wildman–Crippen LogP) is 4.07. The van der Waals surface area contributed by atoms with Crippen molar-refractivity contribution < 1.29 is 9.18 Å². The molecule has 0 radical (unpaired) electrons. The maximum Gasteiger partial charge on any atom is 0.180 e. The van der Waals surface area contributed by atoms with E-state index in [1.807, 2.05) is 56.1 Å². The number of likely N-dealkylation sites (tertiary alicyclic amines) is 1. The van der Waals surface area contributed by atoms with Crippen LogP contribution in [0.3, 0.4) is 0 Å².